The van der Waals surface area contributed by atoms with E-state index in [9.17, 15) is 5.11 Å². The van der Waals surface area contributed by atoms with Gasteiger partial charge in [-0.05, 0) is 24.3 Å². The predicted octanol–water partition coefficient (Wildman–Crippen LogP) is 3.21. The quantitative estimate of drug-likeness (QED) is 0.752. The van der Waals surface area contributed by atoms with Gasteiger partial charge in [0.05, 0.1) is 11.4 Å². The Hall–Kier alpha value is -0.470. The van der Waals surface area contributed by atoms with E-state index in [1.807, 2.05) is 30.3 Å². The van der Waals surface area contributed by atoms with E-state index in [4.69, 9.17) is 0 Å². The van der Waals surface area contributed by atoms with E-state index in [1.165, 1.54) is 12.8 Å². The van der Waals surface area contributed by atoms with E-state index < -0.39 is 0 Å². The Morgan fingerprint density at radius 2 is 1.73 bits per heavy atom. The second kappa shape index (κ2) is 5.04. The molecule has 1 aromatic rings. The minimum absolute atomic E-state index is 0.0331. The topological polar surface area (TPSA) is 20.2 Å². The van der Waals surface area contributed by atoms with Gasteiger partial charge in [0, 0.05) is 0 Å². The lowest BCUT2D eigenvalue weighted by molar-refractivity contribution is 0.108. The monoisotopic (exact) mass is 222 g/mol. The molecule has 1 aliphatic rings. The minimum atomic E-state index is -0.293. The van der Waals surface area contributed by atoms with Crippen LogP contribution in [0.3, 0.4) is 0 Å². The highest BCUT2D eigenvalue weighted by Gasteiger charge is 2.28. The fourth-order valence-electron chi connectivity index (χ4n) is 2.40. The summed E-state index contributed by atoms with van der Waals surface area (Å²) in [6, 6.07) is 10.1. The zero-order valence-electron chi connectivity index (χ0n) is 8.84. The van der Waals surface area contributed by atoms with Crippen molar-refractivity contribution in [1.29, 1.82) is 0 Å². The molecule has 2 unspecified atom stereocenters. The summed E-state index contributed by atoms with van der Waals surface area (Å²) in [5.41, 5.74) is 1.13. The van der Waals surface area contributed by atoms with Crippen LogP contribution in [-0.4, -0.2) is 11.2 Å². The average Bonchev–Trinajstić information content (AvgIpc) is 2.82. The van der Waals surface area contributed by atoms with Gasteiger partial charge in [-0.3, -0.25) is 0 Å². The molecule has 0 aliphatic heterocycles. The van der Waals surface area contributed by atoms with Crippen LogP contribution in [0.15, 0.2) is 30.3 Å². The third kappa shape index (κ3) is 2.56. The Kier molecular flexibility index (Phi) is 3.71. The molecule has 15 heavy (non-hydrogen) atoms. The van der Waals surface area contributed by atoms with E-state index in [0.29, 0.717) is 5.92 Å². The summed E-state index contributed by atoms with van der Waals surface area (Å²) in [5, 5.41) is 10.2. The van der Waals surface area contributed by atoms with Gasteiger partial charge < -0.3 is 5.11 Å². The standard InChI is InChI=1S/C13H18OS/c14-12(10-6-4-5-7-10)13(15)11-8-2-1-3-9-11/h1-3,8-10,12-15H,4-7H2. The van der Waals surface area contributed by atoms with Gasteiger partial charge in [-0.15, -0.1) is 0 Å². The maximum Gasteiger partial charge on any atom is 0.0725 e. The van der Waals surface area contributed by atoms with Crippen LogP contribution in [0, 0.1) is 5.92 Å². The normalized spacial score (nSPS) is 21.5. The highest BCUT2D eigenvalue weighted by molar-refractivity contribution is 7.80. The Morgan fingerprint density at radius 3 is 2.33 bits per heavy atom. The molecule has 1 saturated carbocycles. The number of hydrogen-bond donors (Lipinski definition) is 2. The number of hydrogen-bond acceptors (Lipinski definition) is 2. The van der Waals surface area contributed by atoms with Gasteiger partial charge in [0.25, 0.3) is 0 Å². The SMILES string of the molecule is OC(C1CCCC1)C(S)c1ccccc1. The van der Waals surface area contributed by atoms with Crippen molar-refractivity contribution in [2.45, 2.75) is 37.0 Å². The highest BCUT2D eigenvalue weighted by atomic mass is 32.1. The fraction of sp³-hybridized carbons (Fsp3) is 0.538. The van der Waals surface area contributed by atoms with E-state index in [0.717, 1.165) is 18.4 Å². The summed E-state index contributed by atoms with van der Waals surface area (Å²) in [4.78, 5) is 0. The first-order chi connectivity index (χ1) is 7.29. The molecule has 0 radical (unpaired) electrons. The summed E-state index contributed by atoms with van der Waals surface area (Å²) in [5.74, 6) is 0.452. The molecule has 0 heterocycles. The van der Waals surface area contributed by atoms with Crippen molar-refractivity contribution < 1.29 is 5.11 Å². The first-order valence-corrected chi connectivity index (χ1v) is 6.22. The fourth-order valence-corrected chi connectivity index (χ4v) is 2.82. The molecule has 1 N–H and O–H groups in total. The van der Waals surface area contributed by atoms with Crippen molar-refractivity contribution in [2.75, 3.05) is 0 Å². The summed E-state index contributed by atoms with van der Waals surface area (Å²) in [6.45, 7) is 0. The lowest BCUT2D eigenvalue weighted by atomic mass is 9.94. The second-order valence-electron chi connectivity index (χ2n) is 4.39. The van der Waals surface area contributed by atoms with Gasteiger partial charge >= 0.3 is 0 Å². The summed E-state index contributed by atoms with van der Waals surface area (Å²) < 4.78 is 0. The van der Waals surface area contributed by atoms with Crippen LogP contribution in [0.5, 0.6) is 0 Å². The van der Waals surface area contributed by atoms with Gasteiger partial charge in [0.1, 0.15) is 0 Å². The first kappa shape index (κ1) is 11.0. The van der Waals surface area contributed by atoms with Crippen molar-refractivity contribution in [3.05, 3.63) is 35.9 Å². The maximum absolute atomic E-state index is 10.2. The van der Waals surface area contributed by atoms with Crippen LogP contribution in [0.4, 0.5) is 0 Å². The Labute approximate surface area is 96.9 Å². The molecule has 0 spiro atoms. The minimum Gasteiger partial charge on any atom is -0.391 e. The van der Waals surface area contributed by atoms with E-state index in [1.54, 1.807) is 0 Å². The van der Waals surface area contributed by atoms with Crippen LogP contribution in [0.1, 0.15) is 36.5 Å². The Bertz CT molecular complexity index is 293. The molecular weight excluding hydrogens is 204 g/mol. The van der Waals surface area contributed by atoms with Crippen LogP contribution in [0.2, 0.25) is 0 Å². The van der Waals surface area contributed by atoms with Gasteiger partial charge in [-0.25, -0.2) is 0 Å². The molecule has 1 aromatic carbocycles. The lowest BCUT2D eigenvalue weighted by Crippen LogP contribution is -2.22. The van der Waals surface area contributed by atoms with Crippen LogP contribution >= 0.6 is 12.6 Å². The largest absolute Gasteiger partial charge is 0.391 e. The molecule has 1 nitrogen and oxygen atoms in total. The van der Waals surface area contributed by atoms with Crippen LogP contribution in [-0.2, 0) is 0 Å². The second-order valence-corrected chi connectivity index (χ2v) is 4.95. The third-order valence-corrected chi connectivity index (χ3v) is 3.95. The molecule has 1 aliphatic carbocycles. The molecule has 82 valence electrons. The lowest BCUT2D eigenvalue weighted by Gasteiger charge is -2.23. The third-order valence-electron chi connectivity index (χ3n) is 3.35. The Balaban J connectivity index is 2.03. The molecule has 0 saturated heterocycles. The van der Waals surface area contributed by atoms with Gasteiger partial charge in [-0.2, -0.15) is 12.6 Å². The van der Waals surface area contributed by atoms with Crippen molar-refractivity contribution in [1.82, 2.24) is 0 Å². The molecule has 2 rings (SSSR count). The van der Waals surface area contributed by atoms with E-state index in [2.05, 4.69) is 12.6 Å². The number of benzene rings is 1. The molecule has 1 fully saturated rings. The summed E-state index contributed by atoms with van der Waals surface area (Å²) >= 11 is 4.54. The van der Waals surface area contributed by atoms with Crippen LogP contribution in [0.25, 0.3) is 0 Å². The van der Waals surface area contributed by atoms with Gasteiger partial charge in [0.2, 0.25) is 0 Å². The average molecular weight is 222 g/mol. The summed E-state index contributed by atoms with van der Waals surface area (Å²) in [6.07, 6.45) is 4.54. The van der Waals surface area contributed by atoms with Gasteiger partial charge in [-0.1, -0.05) is 43.2 Å². The predicted molar refractivity (Wildman–Crippen MR) is 66.1 cm³/mol. The van der Waals surface area contributed by atoms with Crippen molar-refractivity contribution >= 4 is 12.6 Å². The smallest absolute Gasteiger partial charge is 0.0725 e. The molecule has 0 aromatic heterocycles. The van der Waals surface area contributed by atoms with Crippen molar-refractivity contribution in [3.63, 3.8) is 0 Å². The van der Waals surface area contributed by atoms with Gasteiger partial charge in [0.15, 0.2) is 0 Å². The van der Waals surface area contributed by atoms with E-state index >= 15 is 0 Å². The number of rotatable bonds is 3. The van der Waals surface area contributed by atoms with Crippen molar-refractivity contribution in [2.24, 2.45) is 5.92 Å². The molecular formula is C13H18OS. The zero-order valence-corrected chi connectivity index (χ0v) is 9.74. The van der Waals surface area contributed by atoms with Crippen LogP contribution < -0.4 is 0 Å². The number of thiol groups is 1. The number of aliphatic hydroxyl groups excluding tert-OH is 1. The zero-order chi connectivity index (χ0) is 10.7. The van der Waals surface area contributed by atoms with Crippen molar-refractivity contribution in [3.8, 4) is 0 Å². The number of aliphatic hydroxyl groups is 1. The Morgan fingerprint density at radius 1 is 1.13 bits per heavy atom. The maximum atomic E-state index is 10.2. The molecule has 2 heteroatoms. The first-order valence-electron chi connectivity index (χ1n) is 5.70. The highest BCUT2D eigenvalue weighted by Crippen LogP contribution is 2.36. The molecule has 0 amide bonds. The molecule has 0 bridgehead atoms. The summed E-state index contributed by atoms with van der Waals surface area (Å²) in [7, 11) is 0. The van der Waals surface area contributed by atoms with E-state index in [-0.39, 0.29) is 11.4 Å². The molecule has 2 atom stereocenters.